The first kappa shape index (κ1) is 15.5. The molecule has 1 heterocycles. The van der Waals surface area contributed by atoms with E-state index in [0.717, 1.165) is 0 Å². The van der Waals surface area contributed by atoms with E-state index in [9.17, 15) is 19.5 Å². The monoisotopic (exact) mass is 301 g/mol. The lowest BCUT2D eigenvalue weighted by atomic mass is 10.0. The van der Waals surface area contributed by atoms with Gasteiger partial charge in [-0.05, 0) is 18.1 Å². The number of aliphatic carboxylic acids is 1. The topological polar surface area (TPSA) is 119 Å². The van der Waals surface area contributed by atoms with Crippen LogP contribution in [0.5, 0.6) is 0 Å². The summed E-state index contributed by atoms with van der Waals surface area (Å²) in [7, 11) is 0. The summed E-state index contributed by atoms with van der Waals surface area (Å²) in [6.07, 6.45) is 0.615. The van der Waals surface area contributed by atoms with Gasteiger partial charge in [0.2, 0.25) is 11.8 Å². The standard InChI is InChI=1S/C15H15N3O4/c16-8-10-4-2-1-3-9(10)7-12(15(21)22)18-14(20)11-5-6-13(19)17-11/h1-4,11-12H,5-7H2,(H,17,19)(H,18,20)(H,21,22)/t11-,12-/m0/s1. The van der Waals surface area contributed by atoms with Gasteiger partial charge in [0.15, 0.2) is 0 Å². The van der Waals surface area contributed by atoms with E-state index in [1.54, 1.807) is 24.3 Å². The van der Waals surface area contributed by atoms with Crippen LogP contribution in [-0.4, -0.2) is 35.0 Å². The molecule has 114 valence electrons. The first-order chi connectivity index (χ1) is 10.5. The van der Waals surface area contributed by atoms with E-state index in [0.29, 0.717) is 17.5 Å². The molecule has 2 rings (SSSR count). The average Bonchev–Trinajstić information content (AvgIpc) is 2.93. The zero-order valence-corrected chi connectivity index (χ0v) is 11.7. The Morgan fingerprint density at radius 2 is 2.18 bits per heavy atom. The Morgan fingerprint density at radius 3 is 2.77 bits per heavy atom. The molecule has 2 atom stereocenters. The first-order valence-electron chi connectivity index (χ1n) is 6.82. The van der Waals surface area contributed by atoms with Crippen LogP contribution in [0.25, 0.3) is 0 Å². The zero-order chi connectivity index (χ0) is 16.1. The molecule has 1 aliphatic rings. The van der Waals surface area contributed by atoms with Gasteiger partial charge in [0, 0.05) is 12.8 Å². The van der Waals surface area contributed by atoms with Crippen molar-refractivity contribution in [2.75, 3.05) is 0 Å². The number of rotatable bonds is 5. The maximum atomic E-state index is 12.0. The molecule has 0 unspecified atom stereocenters. The maximum absolute atomic E-state index is 12.0. The third-order valence-electron chi connectivity index (χ3n) is 3.49. The van der Waals surface area contributed by atoms with Crippen LogP contribution in [0.15, 0.2) is 24.3 Å². The van der Waals surface area contributed by atoms with Crippen LogP contribution >= 0.6 is 0 Å². The molecule has 1 saturated heterocycles. The van der Waals surface area contributed by atoms with E-state index in [1.165, 1.54) is 0 Å². The lowest BCUT2D eigenvalue weighted by molar-refractivity contribution is -0.142. The molecule has 1 aromatic rings. The molecule has 3 N–H and O–H groups in total. The van der Waals surface area contributed by atoms with Crippen LogP contribution in [0, 0.1) is 11.3 Å². The van der Waals surface area contributed by atoms with Crippen molar-refractivity contribution in [2.45, 2.75) is 31.3 Å². The van der Waals surface area contributed by atoms with Gasteiger partial charge in [-0.25, -0.2) is 4.79 Å². The number of carboxylic acid groups (broad SMARTS) is 1. The molecule has 7 heteroatoms. The molecule has 1 fully saturated rings. The fourth-order valence-corrected chi connectivity index (χ4v) is 2.31. The van der Waals surface area contributed by atoms with E-state index in [2.05, 4.69) is 10.6 Å². The Kier molecular flexibility index (Phi) is 4.73. The first-order valence-corrected chi connectivity index (χ1v) is 6.82. The van der Waals surface area contributed by atoms with Crippen molar-refractivity contribution in [3.63, 3.8) is 0 Å². The van der Waals surface area contributed by atoms with Crippen LogP contribution in [0.1, 0.15) is 24.0 Å². The molecule has 0 saturated carbocycles. The SMILES string of the molecule is N#Cc1ccccc1C[C@H](NC(=O)[C@@H]1CCC(=O)N1)C(=O)O. The molecule has 2 amide bonds. The summed E-state index contributed by atoms with van der Waals surface area (Å²) in [6, 6.07) is 6.77. The van der Waals surface area contributed by atoms with E-state index in [4.69, 9.17) is 5.26 Å². The molecule has 7 nitrogen and oxygen atoms in total. The van der Waals surface area contributed by atoms with Gasteiger partial charge in [-0.15, -0.1) is 0 Å². The van der Waals surface area contributed by atoms with Crippen molar-refractivity contribution in [3.05, 3.63) is 35.4 Å². The molecule has 1 aliphatic heterocycles. The largest absolute Gasteiger partial charge is 0.480 e. The highest BCUT2D eigenvalue weighted by Gasteiger charge is 2.30. The molecular weight excluding hydrogens is 286 g/mol. The number of nitriles is 1. The fraction of sp³-hybridized carbons (Fsp3) is 0.333. The molecule has 0 radical (unpaired) electrons. The van der Waals surface area contributed by atoms with Crippen LogP contribution in [-0.2, 0) is 20.8 Å². The van der Waals surface area contributed by atoms with E-state index in [-0.39, 0.29) is 18.7 Å². The zero-order valence-electron chi connectivity index (χ0n) is 11.7. The highest BCUT2D eigenvalue weighted by atomic mass is 16.4. The molecule has 0 spiro atoms. The third-order valence-corrected chi connectivity index (χ3v) is 3.49. The Bertz CT molecular complexity index is 650. The summed E-state index contributed by atoms with van der Waals surface area (Å²) in [5.41, 5.74) is 0.922. The second-order valence-electron chi connectivity index (χ2n) is 5.03. The van der Waals surface area contributed by atoms with E-state index < -0.39 is 24.0 Å². The molecule has 22 heavy (non-hydrogen) atoms. The number of hydrogen-bond acceptors (Lipinski definition) is 4. The Hall–Kier alpha value is -2.88. The molecule has 0 aliphatic carbocycles. The number of nitrogens with zero attached hydrogens (tertiary/aromatic N) is 1. The van der Waals surface area contributed by atoms with Gasteiger partial charge < -0.3 is 15.7 Å². The second-order valence-corrected chi connectivity index (χ2v) is 5.03. The Balaban J connectivity index is 2.07. The summed E-state index contributed by atoms with van der Waals surface area (Å²) in [4.78, 5) is 34.4. The van der Waals surface area contributed by atoms with Crippen molar-refractivity contribution in [1.29, 1.82) is 5.26 Å². The molecule has 0 bridgehead atoms. The van der Waals surface area contributed by atoms with Crippen LogP contribution in [0.2, 0.25) is 0 Å². The van der Waals surface area contributed by atoms with Crippen LogP contribution < -0.4 is 10.6 Å². The summed E-state index contributed by atoms with van der Waals surface area (Å²) in [6.45, 7) is 0. The van der Waals surface area contributed by atoms with Gasteiger partial charge in [-0.2, -0.15) is 5.26 Å². The van der Waals surface area contributed by atoms with Gasteiger partial charge in [0.25, 0.3) is 0 Å². The number of benzene rings is 1. The Morgan fingerprint density at radius 1 is 1.45 bits per heavy atom. The van der Waals surface area contributed by atoms with Gasteiger partial charge >= 0.3 is 5.97 Å². The summed E-state index contributed by atoms with van der Waals surface area (Å²) >= 11 is 0. The normalized spacial score (nSPS) is 18.1. The van der Waals surface area contributed by atoms with Gasteiger partial charge in [-0.3, -0.25) is 9.59 Å². The van der Waals surface area contributed by atoms with Crippen molar-refractivity contribution in [3.8, 4) is 6.07 Å². The molecular formula is C15H15N3O4. The fourth-order valence-electron chi connectivity index (χ4n) is 2.31. The minimum atomic E-state index is -1.19. The second kappa shape index (κ2) is 6.72. The van der Waals surface area contributed by atoms with Crippen molar-refractivity contribution in [2.24, 2.45) is 0 Å². The number of carbonyl (C=O) groups excluding carboxylic acids is 2. The van der Waals surface area contributed by atoms with E-state index >= 15 is 0 Å². The van der Waals surface area contributed by atoms with Crippen molar-refractivity contribution >= 4 is 17.8 Å². The quantitative estimate of drug-likeness (QED) is 0.704. The number of carboxylic acids is 1. The third kappa shape index (κ3) is 3.61. The summed E-state index contributed by atoms with van der Waals surface area (Å²) in [5.74, 6) is -1.93. The van der Waals surface area contributed by atoms with Gasteiger partial charge in [0.05, 0.1) is 11.6 Å². The average molecular weight is 301 g/mol. The lowest BCUT2D eigenvalue weighted by Gasteiger charge is -2.18. The van der Waals surface area contributed by atoms with Gasteiger partial charge in [-0.1, -0.05) is 18.2 Å². The maximum Gasteiger partial charge on any atom is 0.326 e. The van der Waals surface area contributed by atoms with Crippen LogP contribution in [0.4, 0.5) is 0 Å². The minimum Gasteiger partial charge on any atom is -0.480 e. The minimum absolute atomic E-state index is 0.00543. The Labute approximate surface area is 126 Å². The number of hydrogen-bond donors (Lipinski definition) is 3. The van der Waals surface area contributed by atoms with Crippen molar-refractivity contribution < 1.29 is 19.5 Å². The number of nitrogens with one attached hydrogen (secondary N) is 2. The van der Waals surface area contributed by atoms with E-state index in [1.807, 2.05) is 6.07 Å². The number of carbonyl (C=O) groups is 3. The molecule has 0 aromatic heterocycles. The highest BCUT2D eigenvalue weighted by molar-refractivity contribution is 5.92. The summed E-state index contributed by atoms with van der Waals surface area (Å²) in [5, 5.41) is 23.2. The predicted octanol–water partition coefficient (Wildman–Crippen LogP) is -0.0512. The van der Waals surface area contributed by atoms with Crippen LogP contribution in [0.3, 0.4) is 0 Å². The smallest absolute Gasteiger partial charge is 0.326 e. The summed E-state index contributed by atoms with van der Waals surface area (Å²) < 4.78 is 0. The highest BCUT2D eigenvalue weighted by Crippen LogP contribution is 2.12. The van der Waals surface area contributed by atoms with Crippen molar-refractivity contribution in [1.82, 2.24) is 10.6 Å². The van der Waals surface area contributed by atoms with Gasteiger partial charge in [0.1, 0.15) is 12.1 Å². The lowest BCUT2D eigenvalue weighted by Crippen LogP contribution is -2.49. The molecule has 1 aromatic carbocycles. The number of amides is 2. The predicted molar refractivity (Wildman–Crippen MR) is 75.6 cm³/mol.